The minimum Gasteiger partial charge on any atom is -0.253 e. The highest BCUT2D eigenvalue weighted by molar-refractivity contribution is 9.10. The van der Waals surface area contributed by atoms with Gasteiger partial charge in [-0.25, -0.2) is 4.98 Å². The molecule has 74 valence electrons. The minimum atomic E-state index is -1.08. The maximum Gasteiger partial charge on any atom is 0.127 e. The molecule has 0 spiro atoms. The maximum absolute atomic E-state index is 11.6. The molecular weight excluding hydrogens is 264 g/mol. The second-order valence-electron chi connectivity index (χ2n) is 2.63. The van der Waals surface area contributed by atoms with Crippen LogP contribution in [0, 0.1) is 11.3 Å². The van der Waals surface area contributed by atoms with E-state index in [2.05, 4.69) is 20.9 Å². The Morgan fingerprint density at radius 3 is 2.93 bits per heavy atom. The number of nitrogens with zero attached hydrogens (tertiary/aromatic N) is 2. The number of unbranched alkanes of at least 4 members (excludes halogenated alkanes) is 1. The Morgan fingerprint density at radius 1 is 1.57 bits per heavy atom. The number of nitriles is 1. The number of rotatable bonds is 4. The fourth-order valence-corrected chi connectivity index (χ4v) is 2.12. The van der Waals surface area contributed by atoms with Gasteiger partial charge in [-0.05, 0) is 34.5 Å². The van der Waals surface area contributed by atoms with Crippen LogP contribution in [0.3, 0.4) is 0 Å². The molecule has 0 bridgehead atoms. The van der Waals surface area contributed by atoms with Crippen molar-refractivity contribution in [2.45, 2.75) is 17.9 Å². The second-order valence-corrected chi connectivity index (χ2v) is 5.06. The molecule has 1 aromatic heterocycles. The maximum atomic E-state index is 11.6. The summed E-state index contributed by atoms with van der Waals surface area (Å²) in [5.41, 5.74) is 0. The molecule has 0 radical (unpaired) electrons. The molecule has 0 aliphatic rings. The van der Waals surface area contributed by atoms with Gasteiger partial charge in [-0.1, -0.05) is 0 Å². The van der Waals surface area contributed by atoms with E-state index in [0.717, 1.165) is 4.47 Å². The van der Waals surface area contributed by atoms with E-state index in [1.165, 1.54) is 0 Å². The van der Waals surface area contributed by atoms with E-state index in [1.54, 1.807) is 12.3 Å². The highest BCUT2D eigenvalue weighted by atomic mass is 79.9. The van der Waals surface area contributed by atoms with E-state index >= 15 is 0 Å². The Kier molecular flexibility index (Phi) is 4.77. The third kappa shape index (κ3) is 3.56. The zero-order chi connectivity index (χ0) is 10.4. The first-order chi connectivity index (χ1) is 6.74. The van der Waals surface area contributed by atoms with E-state index in [1.807, 2.05) is 12.1 Å². The van der Waals surface area contributed by atoms with Crippen LogP contribution in [0.15, 0.2) is 27.8 Å². The van der Waals surface area contributed by atoms with Crippen LogP contribution in [-0.2, 0) is 10.8 Å². The van der Waals surface area contributed by atoms with Gasteiger partial charge in [0.2, 0.25) is 0 Å². The van der Waals surface area contributed by atoms with Gasteiger partial charge in [0.15, 0.2) is 0 Å². The molecule has 5 heteroatoms. The van der Waals surface area contributed by atoms with Crippen LogP contribution >= 0.6 is 15.9 Å². The lowest BCUT2D eigenvalue weighted by atomic mass is 10.4. The first-order valence-corrected chi connectivity index (χ1v) is 6.22. The van der Waals surface area contributed by atoms with Crippen molar-refractivity contribution in [2.24, 2.45) is 0 Å². The summed E-state index contributed by atoms with van der Waals surface area (Å²) in [4.78, 5) is 4.03. The Hall–Kier alpha value is -0.730. The molecule has 0 saturated heterocycles. The van der Waals surface area contributed by atoms with Crippen LogP contribution < -0.4 is 0 Å². The van der Waals surface area contributed by atoms with Gasteiger partial charge in [-0.2, -0.15) is 5.26 Å². The quantitative estimate of drug-likeness (QED) is 0.791. The number of aromatic nitrogens is 1. The van der Waals surface area contributed by atoms with Crippen LogP contribution in [0.5, 0.6) is 0 Å². The van der Waals surface area contributed by atoms with E-state index in [9.17, 15) is 4.21 Å². The summed E-state index contributed by atoms with van der Waals surface area (Å²) in [5, 5.41) is 8.89. The number of hydrogen-bond donors (Lipinski definition) is 0. The lowest BCUT2D eigenvalue weighted by molar-refractivity contribution is 0.678. The van der Waals surface area contributed by atoms with Gasteiger partial charge in [0.05, 0.1) is 16.9 Å². The number of hydrogen-bond acceptors (Lipinski definition) is 3. The molecule has 0 unspecified atom stereocenters. The van der Waals surface area contributed by atoms with Crippen molar-refractivity contribution in [3.05, 3.63) is 22.8 Å². The molecule has 0 aromatic carbocycles. The molecular formula is C9H9BrN2OS. The Morgan fingerprint density at radius 2 is 2.36 bits per heavy atom. The molecule has 3 nitrogen and oxygen atoms in total. The highest BCUT2D eigenvalue weighted by Crippen LogP contribution is 2.10. The fraction of sp³-hybridized carbons (Fsp3) is 0.333. The molecule has 0 saturated carbocycles. The molecule has 14 heavy (non-hydrogen) atoms. The van der Waals surface area contributed by atoms with Gasteiger partial charge in [0.1, 0.15) is 5.03 Å². The van der Waals surface area contributed by atoms with Gasteiger partial charge in [0, 0.05) is 22.8 Å². The normalized spacial score (nSPS) is 12.0. The van der Waals surface area contributed by atoms with Crippen molar-refractivity contribution >= 4 is 26.7 Å². The average Bonchev–Trinajstić information content (AvgIpc) is 2.19. The molecule has 1 atom stereocenters. The van der Waals surface area contributed by atoms with Crippen LogP contribution in [0.25, 0.3) is 0 Å². The smallest absolute Gasteiger partial charge is 0.127 e. The second kappa shape index (κ2) is 5.89. The topological polar surface area (TPSA) is 53.8 Å². The van der Waals surface area contributed by atoms with Gasteiger partial charge in [-0.3, -0.25) is 4.21 Å². The summed E-state index contributed by atoms with van der Waals surface area (Å²) < 4.78 is 12.4. The predicted octanol–water partition coefficient (Wildman–Crippen LogP) is 2.26. The van der Waals surface area contributed by atoms with Crippen molar-refractivity contribution in [3.63, 3.8) is 0 Å². The van der Waals surface area contributed by atoms with Crippen LogP contribution in [0.1, 0.15) is 12.8 Å². The molecule has 0 aliphatic heterocycles. The summed E-state index contributed by atoms with van der Waals surface area (Å²) in [7, 11) is -1.08. The minimum absolute atomic E-state index is 0.447. The van der Waals surface area contributed by atoms with E-state index in [4.69, 9.17) is 5.26 Å². The standard InChI is InChI=1S/C9H9BrN2OS/c10-8-3-4-9(12-7-8)14(13)6-2-1-5-11/h3-4,7H,1-2,6H2/t14-/m1/s1. The Balaban J connectivity index is 2.53. The lowest BCUT2D eigenvalue weighted by Gasteiger charge is -1.99. The van der Waals surface area contributed by atoms with Gasteiger partial charge in [-0.15, -0.1) is 0 Å². The first-order valence-electron chi connectivity index (χ1n) is 4.11. The lowest BCUT2D eigenvalue weighted by Crippen LogP contribution is -1.99. The van der Waals surface area contributed by atoms with Crippen molar-refractivity contribution in [2.75, 3.05) is 5.75 Å². The number of pyridine rings is 1. The SMILES string of the molecule is N#CCCC[S@@](=O)c1ccc(Br)cn1. The van der Waals surface area contributed by atoms with E-state index < -0.39 is 10.8 Å². The zero-order valence-corrected chi connectivity index (χ0v) is 9.84. The summed E-state index contributed by atoms with van der Waals surface area (Å²) >= 11 is 3.25. The van der Waals surface area contributed by atoms with Crippen molar-refractivity contribution in [1.29, 1.82) is 5.26 Å². The molecule has 0 amide bonds. The summed E-state index contributed by atoms with van der Waals surface area (Å²) in [6.45, 7) is 0. The number of halogens is 1. The molecule has 1 heterocycles. The Labute approximate surface area is 93.7 Å². The van der Waals surface area contributed by atoms with Crippen molar-refractivity contribution < 1.29 is 4.21 Å². The Bertz CT molecular complexity index is 358. The van der Waals surface area contributed by atoms with Crippen molar-refractivity contribution in [3.8, 4) is 6.07 Å². The van der Waals surface area contributed by atoms with Crippen LogP contribution in [0.2, 0.25) is 0 Å². The monoisotopic (exact) mass is 272 g/mol. The van der Waals surface area contributed by atoms with E-state index in [0.29, 0.717) is 23.6 Å². The highest BCUT2D eigenvalue weighted by Gasteiger charge is 2.04. The van der Waals surface area contributed by atoms with Crippen LogP contribution in [-0.4, -0.2) is 14.9 Å². The van der Waals surface area contributed by atoms with Crippen LogP contribution in [0.4, 0.5) is 0 Å². The summed E-state index contributed by atoms with van der Waals surface area (Å²) in [6.07, 6.45) is 2.72. The third-order valence-corrected chi connectivity index (χ3v) is 3.39. The zero-order valence-electron chi connectivity index (χ0n) is 7.44. The molecule has 1 rings (SSSR count). The summed E-state index contributed by atoms with van der Waals surface area (Å²) in [5.74, 6) is 0.502. The van der Waals surface area contributed by atoms with Gasteiger partial charge in [0.25, 0.3) is 0 Å². The third-order valence-electron chi connectivity index (χ3n) is 1.55. The van der Waals surface area contributed by atoms with Gasteiger partial charge < -0.3 is 0 Å². The molecule has 0 fully saturated rings. The van der Waals surface area contributed by atoms with E-state index in [-0.39, 0.29) is 0 Å². The molecule has 0 aliphatic carbocycles. The summed E-state index contributed by atoms with van der Waals surface area (Å²) in [6, 6.07) is 5.56. The molecule has 1 aromatic rings. The first kappa shape index (κ1) is 11.3. The van der Waals surface area contributed by atoms with Crippen molar-refractivity contribution in [1.82, 2.24) is 4.98 Å². The largest absolute Gasteiger partial charge is 0.253 e. The van der Waals surface area contributed by atoms with Gasteiger partial charge >= 0.3 is 0 Å². The predicted molar refractivity (Wildman–Crippen MR) is 58.1 cm³/mol. The molecule has 0 N–H and O–H groups in total. The fourth-order valence-electron chi connectivity index (χ4n) is 0.884. The average molecular weight is 273 g/mol.